The highest BCUT2D eigenvalue weighted by Gasteiger charge is 2.80. The van der Waals surface area contributed by atoms with Crippen LogP contribution in [-0.4, -0.2) is 33.3 Å². The van der Waals surface area contributed by atoms with E-state index in [-0.39, 0.29) is 34.7 Å². The monoisotopic (exact) mass is 380 g/mol. The molecule has 0 heterocycles. The topological polar surface area (TPSA) is 52.6 Å². The van der Waals surface area contributed by atoms with Crippen molar-refractivity contribution in [2.45, 2.75) is 84.0 Å². The number of hydrogen-bond donors (Lipinski definition) is 0. The Hall–Kier alpha value is -0.943. The number of ether oxygens (including phenoxy) is 1. The molecule has 0 aromatic rings. The average Bonchev–Trinajstić information content (AvgIpc) is 3.12. The zero-order chi connectivity index (χ0) is 19.8. The van der Waals surface area contributed by atoms with Gasteiger partial charge in [0.05, 0.1) is 13.2 Å². The molecule has 2 rings (SSSR count). The van der Waals surface area contributed by atoms with Gasteiger partial charge in [-0.1, -0.05) is 52.7 Å². The summed E-state index contributed by atoms with van der Waals surface area (Å²) in [4.78, 5) is 25.4. The van der Waals surface area contributed by atoms with Crippen molar-refractivity contribution in [3.63, 3.8) is 0 Å². The first kappa shape index (κ1) is 21.4. The molecule has 4 nitrogen and oxygen atoms in total. The molecule has 0 aromatic carbocycles. The summed E-state index contributed by atoms with van der Waals surface area (Å²) in [5, 5.41) is 0.0763. The molecule has 2 aliphatic rings. The van der Waals surface area contributed by atoms with Crippen molar-refractivity contribution in [2.24, 2.45) is 17.3 Å². The van der Waals surface area contributed by atoms with Gasteiger partial charge in [0.2, 0.25) is 0 Å². The van der Waals surface area contributed by atoms with E-state index in [1.165, 1.54) is 20.0 Å². The predicted molar refractivity (Wildman–Crippen MR) is 106 cm³/mol. The summed E-state index contributed by atoms with van der Waals surface area (Å²) < 4.78 is 11.6. The van der Waals surface area contributed by atoms with Gasteiger partial charge in [0.1, 0.15) is 5.41 Å². The van der Waals surface area contributed by atoms with Gasteiger partial charge in [-0.05, 0) is 31.0 Å². The molecule has 148 valence electrons. The Labute approximate surface area is 159 Å². The van der Waals surface area contributed by atoms with Gasteiger partial charge in [0.15, 0.2) is 14.1 Å². The normalized spacial score (nSPS) is 31.3. The van der Waals surface area contributed by atoms with Crippen LogP contribution in [0.3, 0.4) is 0 Å². The molecule has 0 saturated heterocycles. The van der Waals surface area contributed by atoms with Gasteiger partial charge in [-0.3, -0.25) is 9.59 Å². The number of allylic oxidation sites excluding steroid dienone is 2. The van der Waals surface area contributed by atoms with E-state index in [0.29, 0.717) is 6.42 Å². The van der Waals surface area contributed by atoms with Gasteiger partial charge in [0.25, 0.3) is 0 Å². The SMILES string of the molecule is CCCCC/C=C/[C@H]1[C@@H]2[C@H](O[Si](C)(C)C(C)(C)C)CC(=O)[C@@]21C(=O)OC. The fourth-order valence-corrected chi connectivity index (χ4v) is 5.41. The van der Waals surface area contributed by atoms with Gasteiger partial charge in [-0.2, -0.15) is 0 Å². The second-order valence-corrected chi connectivity index (χ2v) is 14.1. The number of methoxy groups -OCH3 is 1. The van der Waals surface area contributed by atoms with Crippen LogP contribution >= 0.6 is 0 Å². The molecule has 0 amide bonds. The molecule has 0 unspecified atom stereocenters. The van der Waals surface area contributed by atoms with E-state index in [9.17, 15) is 9.59 Å². The average molecular weight is 381 g/mol. The van der Waals surface area contributed by atoms with Crippen molar-refractivity contribution in [1.82, 2.24) is 0 Å². The van der Waals surface area contributed by atoms with Crippen LogP contribution in [0.15, 0.2) is 12.2 Å². The summed E-state index contributed by atoms with van der Waals surface area (Å²) in [6.45, 7) is 13.2. The van der Waals surface area contributed by atoms with Crippen molar-refractivity contribution < 1.29 is 18.8 Å². The lowest BCUT2D eigenvalue weighted by Crippen LogP contribution is -2.44. The van der Waals surface area contributed by atoms with Crippen LogP contribution in [0.4, 0.5) is 0 Å². The smallest absolute Gasteiger partial charge is 0.320 e. The number of carbonyl (C=O) groups is 2. The quantitative estimate of drug-likeness (QED) is 0.198. The largest absolute Gasteiger partial charge is 0.468 e. The Bertz CT molecular complexity index is 575. The van der Waals surface area contributed by atoms with E-state index in [2.05, 4.69) is 52.9 Å². The Balaban J connectivity index is 2.18. The Morgan fingerprint density at radius 2 is 1.96 bits per heavy atom. The molecule has 26 heavy (non-hydrogen) atoms. The van der Waals surface area contributed by atoms with E-state index in [1.807, 2.05) is 0 Å². The number of unbranched alkanes of at least 4 members (excludes halogenated alkanes) is 3. The standard InChI is InChI=1S/C21H36O4Si/c1-8-9-10-11-12-13-15-18-16(25-26(6,7)20(2,3)4)14-17(22)21(15,18)19(23)24-5/h12-13,15-16,18H,8-11,14H2,1-7H3/b13-12+/t15-,16+,18+,21+/m0/s1. The highest BCUT2D eigenvalue weighted by atomic mass is 28.4. The maximum Gasteiger partial charge on any atom is 0.320 e. The Kier molecular flexibility index (Phi) is 6.23. The van der Waals surface area contributed by atoms with Crippen LogP contribution in [0.1, 0.15) is 59.8 Å². The van der Waals surface area contributed by atoms with Crippen molar-refractivity contribution in [2.75, 3.05) is 7.11 Å². The number of ketones is 1. The van der Waals surface area contributed by atoms with Crippen LogP contribution in [0.2, 0.25) is 18.1 Å². The number of carbonyl (C=O) groups excluding carboxylic acids is 2. The van der Waals surface area contributed by atoms with Crippen molar-refractivity contribution in [3.05, 3.63) is 12.2 Å². The molecule has 0 aromatic heterocycles. The van der Waals surface area contributed by atoms with Crippen LogP contribution < -0.4 is 0 Å². The zero-order valence-electron chi connectivity index (χ0n) is 17.6. The van der Waals surface area contributed by atoms with E-state index in [1.54, 1.807) is 0 Å². The van der Waals surface area contributed by atoms with E-state index in [0.717, 1.165) is 12.8 Å². The van der Waals surface area contributed by atoms with Gasteiger partial charge in [0, 0.05) is 18.3 Å². The Morgan fingerprint density at radius 1 is 1.31 bits per heavy atom. The number of rotatable bonds is 8. The molecule has 5 heteroatoms. The molecule has 4 atom stereocenters. The van der Waals surface area contributed by atoms with Gasteiger partial charge in [-0.15, -0.1) is 0 Å². The van der Waals surface area contributed by atoms with Crippen LogP contribution in [-0.2, 0) is 18.8 Å². The maximum atomic E-state index is 12.8. The van der Waals surface area contributed by atoms with E-state index < -0.39 is 13.7 Å². The molecule has 0 radical (unpaired) electrons. The van der Waals surface area contributed by atoms with E-state index >= 15 is 0 Å². The number of esters is 1. The van der Waals surface area contributed by atoms with Crippen LogP contribution in [0.5, 0.6) is 0 Å². The summed E-state index contributed by atoms with van der Waals surface area (Å²) >= 11 is 0. The van der Waals surface area contributed by atoms with Crippen molar-refractivity contribution in [1.29, 1.82) is 0 Å². The summed E-state index contributed by atoms with van der Waals surface area (Å²) in [6.07, 6.45) is 8.93. The molecule has 2 saturated carbocycles. The molecule has 0 N–H and O–H groups in total. The summed E-state index contributed by atoms with van der Waals surface area (Å²) in [6, 6.07) is 0. The minimum Gasteiger partial charge on any atom is -0.468 e. The number of Topliss-reactive ketones (excluding diaryl/α,β-unsaturated/α-hetero) is 1. The minimum atomic E-state index is -2.00. The first-order chi connectivity index (χ1) is 12.0. The second-order valence-electron chi connectivity index (χ2n) is 9.38. The fraction of sp³-hybridized carbons (Fsp3) is 0.810. The van der Waals surface area contributed by atoms with Crippen LogP contribution in [0, 0.1) is 17.3 Å². The summed E-state index contributed by atoms with van der Waals surface area (Å²) in [5.41, 5.74) is -0.983. The third kappa shape index (κ3) is 3.57. The third-order valence-corrected chi connectivity index (χ3v) is 11.2. The first-order valence-corrected chi connectivity index (χ1v) is 12.9. The molecule has 0 spiro atoms. The van der Waals surface area contributed by atoms with Gasteiger partial charge in [-0.25, -0.2) is 0 Å². The van der Waals surface area contributed by atoms with Gasteiger partial charge >= 0.3 is 5.97 Å². The lowest BCUT2D eigenvalue weighted by Gasteiger charge is -2.38. The maximum absolute atomic E-state index is 12.8. The predicted octanol–water partition coefficient (Wildman–Crippen LogP) is 4.89. The molecule has 2 fully saturated rings. The Morgan fingerprint density at radius 3 is 2.50 bits per heavy atom. The number of hydrogen-bond acceptors (Lipinski definition) is 4. The first-order valence-electron chi connectivity index (χ1n) is 10.00. The molecular formula is C21H36O4Si. The van der Waals surface area contributed by atoms with Crippen molar-refractivity contribution in [3.8, 4) is 0 Å². The molecular weight excluding hydrogens is 344 g/mol. The second kappa shape index (κ2) is 7.59. The van der Waals surface area contributed by atoms with Crippen LogP contribution in [0.25, 0.3) is 0 Å². The lowest BCUT2D eigenvalue weighted by atomic mass is 9.97. The van der Waals surface area contributed by atoms with E-state index in [4.69, 9.17) is 9.16 Å². The highest BCUT2D eigenvalue weighted by molar-refractivity contribution is 6.74. The summed E-state index contributed by atoms with van der Waals surface area (Å²) in [5.74, 6) is -0.495. The zero-order valence-corrected chi connectivity index (χ0v) is 18.6. The minimum absolute atomic E-state index is 0.00117. The molecule has 2 aliphatic carbocycles. The number of fused-ring (bicyclic) bond motifs is 1. The fourth-order valence-electron chi connectivity index (χ4n) is 4.07. The lowest BCUT2D eigenvalue weighted by molar-refractivity contribution is -0.151. The molecule has 0 aliphatic heterocycles. The third-order valence-electron chi connectivity index (χ3n) is 6.67. The molecule has 0 bridgehead atoms. The highest BCUT2D eigenvalue weighted by Crippen LogP contribution is 2.68. The van der Waals surface area contributed by atoms with Crippen molar-refractivity contribution >= 4 is 20.1 Å². The summed E-state index contributed by atoms with van der Waals surface area (Å²) in [7, 11) is -0.621. The van der Waals surface area contributed by atoms with Gasteiger partial charge < -0.3 is 9.16 Å².